The average Bonchev–Trinajstić information content (AvgIpc) is 3.05. The maximum absolute atomic E-state index is 14.7. The number of halogens is 2. The van der Waals surface area contributed by atoms with Crippen molar-refractivity contribution in [3.05, 3.63) is 66.2 Å². The summed E-state index contributed by atoms with van der Waals surface area (Å²) in [4.78, 5) is 7.27. The molecular formula is C20H15F2N3O3S. The minimum absolute atomic E-state index is 0.0688. The number of anilines is 1. The van der Waals surface area contributed by atoms with E-state index in [1.807, 2.05) is 0 Å². The van der Waals surface area contributed by atoms with Crippen molar-refractivity contribution in [1.29, 1.82) is 0 Å². The van der Waals surface area contributed by atoms with Gasteiger partial charge in [-0.3, -0.25) is 4.72 Å². The van der Waals surface area contributed by atoms with E-state index in [9.17, 15) is 22.3 Å². The molecule has 0 radical (unpaired) electrons. The summed E-state index contributed by atoms with van der Waals surface area (Å²) < 4.78 is 53.5. The highest BCUT2D eigenvalue weighted by Crippen LogP contribution is 2.30. The van der Waals surface area contributed by atoms with Gasteiger partial charge in [-0.1, -0.05) is 12.1 Å². The molecule has 0 aliphatic carbocycles. The lowest BCUT2D eigenvalue weighted by molar-refractivity contribution is 0.476. The van der Waals surface area contributed by atoms with Crippen LogP contribution in [0.4, 0.5) is 14.5 Å². The van der Waals surface area contributed by atoms with E-state index >= 15 is 0 Å². The number of nitrogens with zero attached hydrogens (tertiary/aromatic N) is 1. The van der Waals surface area contributed by atoms with Gasteiger partial charge in [-0.05, 0) is 47.5 Å². The highest BCUT2D eigenvalue weighted by atomic mass is 32.2. The molecule has 6 nitrogen and oxygen atoms in total. The molecule has 1 aromatic heterocycles. The Kier molecular flexibility index (Phi) is 4.46. The highest BCUT2D eigenvalue weighted by Gasteiger charge is 2.14. The monoisotopic (exact) mass is 415 g/mol. The molecule has 0 aliphatic heterocycles. The summed E-state index contributed by atoms with van der Waals surface area (Å²) in [6.45, 7) is 0. The Balaban J connectivity index is 1.69. The van der Waals surface area contributed by atoms with E-state index in [0.717, 1.165) is 12.3 Å². The first-order valence-electron chi connectivity index (χ1n) is 8.46. The van der Waals surface area contributed by atoms with E-state index in [2.05, 4.69) is 14.7 Å². The van der Waals surface area contributed by atoms with Crippen molar-refractivity contribution in [2.75, 3.05) is 11.0 Å². The third kappa shape index (κ3) is 3.90. The number of fused-ring (bicyclic) bond motifs is 1. The van der Waals surface area contributed by atoms with Crippen molar-refractivity contribution < 1.29 is 22.3 Å². The number of phenols is 1. The van der Waals surface area contributed by atoms with Crippen molar-refractivity contribution in [2.24, 2.45) is 0 Å². The number of aromatic nitrogens is 2. The summed E-state index contributed by atoms with van der Waals surface area (Å²) in [5.41, 5.74) is 2.00. The minimum Gasteiger partial charge on any atom is -0.508 e. The van der Waals surface area contributed by atoms with Gasteiger partial charge in [-0.25, -0.2) is 22.2 Å². The van der Waals surface area contributed by atoms with Crippen LogP contribution < -0.4 is 4.72 Å². The summed E-state index contributed by atoms with van der Waals surface area (Å²) in [7, 11) is -3.61. The highest BCUT2D eigenvalue weighted by molar-refractivity contribution is 7.92. The van der Waals surface area contributed by atoms with Gasteiger partial charge in [0, 0.05) is 6.07 Å². The second-order valence-electron chi connectivity index (χ2n) is 6.55. The zero-order valence-electron chi connectivity index (χ0n) is 15.1. The first-order valence-corrected chi connectivity index (χ1v) is 10.4. The molecule has 1 heterocycles. The summed E-state index contributed by atoms with van der Waals surface area (Å²) in [5.74, 6) is -0.966. The van der Waals surface area contributed by atoms with E-state index in [1.54, 1.807) is 12.1 Å². The van der Waals surface area contributed by atoms with Crippen LogP contribution in [-0.2, 0) is 10.0 Å². The normalized spacial score (nSPS) is 11.7. The number of nitrogens with one attached hydrogen (secondary N) is 2. The lowest BCUT2D eigenvalue weighted by Gasteiger charge is -2.09. The molecule has 0 bridgehead atoms. The lowest BCUT2D eigenvalue weighted by atomic mass is 10.0. The molecule has 4 aromatic rings. The van der Waals surface area contributed by atoms with Crippen LogP contribution in [0.15, 0.2) is 54.6 Å². The Hall–Kier alpha value is -3.46. The van der Waals surface area contributed by atoms with E-state index in [4.69, 9.17) is 0 Å². The number of benzene rings is 3. The van der Waals surface area contributed by atoms with Gasteiger partial charge in [-0.15, -0.1) is 0 Å². The molecule has 0 saturated heterocycles. The first kappa shape index (κ1) is 18.9. The molecule has 0 saturated carbocycles. The second kappa shape index (κ2) is 6.85. The van der Waals surface area contributed by atoms with Crippen LogP contribution in [0.1, 0.15) is 0 Å². The number of hydrogen-bond donors (Lipinski definition) is 3. The maximum Gasteiger partial charge on any atom is 0.229 e. The molecule has 0 spiro atoms. The third-order valence-electron chi connectivity index (χ3n) is 4.29. The van der Waals surface area contributed by atoms with E-state index < -0.39 is 21.7 Å². The van der Waals surface area contributed by atoms with Crippen molar-refractivity contribution in [3.63, 3.8) is 0 Å². The Morgan fingerprint density at radius 3 is 2.31 bits per heavy atom. The van der Waals surface area contributed by atoms with Gasteiger partial charge in [0.1, 0.15) is 23.2 Å². The zero-order valence-corrected chi connectivity index (χ0v) is 15.9. The van der Waals surface area contributed by atoms with Crippen LogP contribution in [0.3, 0.4) is 0 Å². The average molecular weight is 415 g/mol. The quantitative estimate of drug-likeness (QED) is 0.464. The van der Waals surface area contributed by atoms with Crippen molar-refractivity contribution >= 4 is 26.7 Å². The number of H-pyrrole nitrogens is 1. The molecule has 0 aliphatic rings. The molecule has 148 valence electrons. The Morgan fingerprint density at radius 1 is 0.966 bits per heavy atom. The van der Waals surface area contributed by atoms with E-state index in [-0.39, 0.29) is 17.0 Å². The number of hydrogen-bond acceptors (Lipinski definition) is 4. The number of phenolic OH excluding ortho intramolecular Hbond substituents is 1. The van der Waals surface area contributed by atoms with Crippen LogP contribution in [0.5, 0.6) is 5.75 Å². The molecule has 4 rings (SSSR count). The van der Waals surface area contributed by atoms with E-state index in [1.165, 1.54) is 36.4 Å². The lowest BCUT2D eigenvalue weighted by Crippen LogP contribution is -2.10. The smallest absolute Gasteiger partial charge is 0.229 e. The van der Waals surface area contributed by atoms with Crippen molar-refractivity contribution in [1.82, 2.24) is 9.97 Å². The molecule has 0 fully saturated rings. The zero-order chi connectivity index (χ0) is 20.8. The van der Waals surface area contributed by atoms with E-state index in [0.29, 0.717) is 28.0 Å². The fraction of sp³-hybridized carbons (Fsp3) is 0.0500. The molecule has 9 heteroatoms. The van der Waals surface area contributed by atoms with Crippen LogP contribution in [0.25, 0.3) is 33.5 Å². The van der Waals surface area contributed by atoms with Crippen molar-refractivity contribution in [2.45, 2.75) is 0 Å². The topological polar surface area (TPSA) is 95.1 Å². The Morgan fingerprint density at radius 2 is 1.66 bits per heavy atom. The fourth-order valence-electron chi connectivity index (χ4n) is 2.99. The summed E-state index contributed by atoms with van der Waals surface area (Å²) in [6.07, 6.45) is 0.924. The molecule has 29 heavy (non-hydrogen) atoms. The number of aromatic hydroxyl groups is 1. The van der Waals surface area contributed by atoms with Gasteiger partial charge in [0.15, 0.2) is 0 Å². The van der Waals surface area contributed by atoms with Crippen LogP contribution in [-0.4, -0.2) is 29.7 Å². The van der Waals surface area contributed by atoms with Gasteiger partial charge in [0.25, 0.3) is 0 Å². The number of aromatic amines is 1. The molecular weight excluding hydrogens is 400 g/mol. The number of rotatable bonds is 4. The largest absolute Gasteiger partial charge is 0.508 e. The van der Waals surface area contributed by atoms with Gasteiger partial charge >= 0.3 is 0 Å². The minimum atomic E-state index is -3.61. The summed E-state index contributed by atoms with van der Waals surface area (Å²) >= 11 is 0. The second-order valence-corrected chi connectivity index (χ2v) is 8.30. The fourth-order valence-corrected chi connectivity index (χ4v) is 3.55. The predicted octanol–water partition coefficient (Wildman–Crippen LogP) is 4.25. The van der Waals surface area contributed by atoms with Gasteiger partial charge in [0.2, 0.25) is 10.0 Å². The Labute approximate surface area is 164 Å². The number of sulfonamides is 1. The van der Waals surface area contributed by atoms with Gasteiger partial charge in [0.05, 0.1) is 28.5 Å². The molecule has 3 N–H and O–H groups in total. The summed E-state index contributed by atoms with van der Waals surface area (Å²) in [5, 5.41) is 9.54. The van der Waals surface area contributed by atoms with Crippen molar-refractivity contribution in [3.8, 4) is 28.3 Å². The van der Waals surface area contributed by atoms with Gasteiger partial charge < -0.3 is 10.1 Å². The maximum atomic E-state index is 14.7. The molecule has 0 unspecified atom stereocenters. The van der Waals surface area contributed by atoms with Crippen LogP contribution in [0.2, 0.25) is 0 Å². The van der Waals surface area contributed by atoms with Gasteiger partial charge in [-0.2, -0.15) is 0 Å². The standard InChI is InChI=1S/C20H15F2N3O3S/c1-29(27,28)25-17-6-3-12(9-16(17)22)11-2-5-14(15(21)8-11)20-23-18-7-4-13(26)10-19(18)24-20/h2-10,25-26H,1H3,(H,23,24). The Bertz CT molecular complexity index is 1350. The van der Waals surface area contributed by atoms with Crippen LogP contribution >= 0.6 is 0 Å². The molecule has 0 atom stereocenters. The first-order chi connectivity index (χ1) is 13.7. The van der Waals surface area contributed by atoms with Crippen LogP contribution in [0, 0.1) is 11.6 Å². The SMILES string of the molecule is CS(=O)(=O)Nc1ccc(-c2ccc(-c3nc4ccc(O)cc4[nH]3)c(F)c2)cc1F. The molecule has 0 amide bonds. The summed E-state index contributed by atoms with van der Waals surface area (Å²) in [6, 6.07) is 12.9. The molecule has 3 aromatic carbocycles. The number of imidazole rings is 1. The predicted molar refractivity (Wildman–Crippen MR) is 107 cm³/mol. The third-order valence-corrected chi connectivity index (χ3v) is 4.88.